The van der Waals surface area contributed by atoms with Gasteiger partial charge in [-0.2, -0.15) is 0 Å². The van der Waals surface area contributed by atoms with Crippen LogP contribution in [0.1, 0.15) is 0 Å². The number of hydrogen-bond donors (Lipinski definition) is 0. The molecule has 0 amide bonds. The third-order valence-corrected chi connectivity index (χ3v) is 11.5. The van der Waals surface area contributed by atoms with E-state index in [0.29, 0.717) is 0 Å². The van der Waals surface area contributed by atoms with E-state index < -0.39 is 20.3 Å². The van der Waals surface area contributed by atoms with E-state index in [9.17, 15) is 0 Å². The molecule has 0 saturated carbocycles. The first-order valence-electron chi connectivity index (χ1n) is 4.65. The van der Waals surface area contributed by atoms with Crippen molar-refractivity contribution in [2.45, 2.75) is 0 Å². The van der Waals surface area contributed by atoms with Gasteiger partial charge in [0.05, 0.1) is 0 Å². The van der Waals surface area contributed by atoms with Crippen molar-refractivity contribution in [1.29, 1.82) is 0 Å². The molecule has 0 aliphatic rings. The molecule has 0 bridgehead atoms. The number of rotatable bonds is 3. The van der Waals surface area contributed by atoms with E-state index in [1.54, 1.807) is 0 Å². The first-order valence-corrected chi connectivity index (χ1v) is 11.9. The Hall–Kier alpha value is 0.632. The molecule has 0 aliphatic heterocycles. The Morgan fingerprint density at radius 1 is 0.706 bits per heavy atom. The summed E-state index contributed by atoms with van der Waals surface area (Å²) in [6.07, 6.45) is -0.562. The minimum atomic E-state index is -1.51. The van der Waals surface area contributed by atoms with Crippen molar-refractivity contribution in [2.75, 3.05) is 0 Å². The molecule has 17 heavy (non-hydrogen) atoms. The minimum Gasteiger partial charge on any atom is 0 e. The second kappa shape index (κ2) is 7.93. The molecule has 0 atom stereocenters. The van der Waals surface area contributed by atoms with Crippen LogP contribution in [0.15, 0.2) is 60.7 Å². The van der Waals surface area contributed by atoms with Gasteiger partial charge in [0.25, 0.3) is 0 Å². The van der Waals surface area contributed by atoms with Gasteiger partial charge in [-0.15, -0.1) is 0 Å². The number of benzene rings is 2. The van der Waals surface area contributed by atoms with Gasteiger partial charge in [-0.3, -0.25) is 0 Å². The standard InChI is InChI=1S/C12H10P.2ClH.Fe.Pd/c1-3-7-11(8-4-1)13-12-9-5-2-6-10-12;;;;/h1-10H;2*1H;;/q-1;;;;+3/p-2. The Balaban J connectivity index is 0.00000144. The molecule has 0 radical (unpaired) electrons. The van der Waals surface area contributed by atoms with Crippen molar-refractivity contribution in [1.82, 2.24) is 0 Å². The van der Waals surface area contributed by atoms with Crippen LogP contribution < -0.4 is 10.6 Å². The maximum atomic E-state index is 6.22. The van der Waals surface area contributed by atoms with E-state index in [-0.39, 0.29) is 17.1 Å². The van der Waals surface area contributed by atoms with E-state index in [1.807, 2.05) is 36.4 Å². The van der Waals surface area contributed by atoms with Gasteiger partial charge in [0.1, 0.15) is 0 Å². The van der Waals surface area contributed by atoms with Crippen molar-refractivity contribution >= 4 is 35.8 Å². The summed E-state index contributed by atoms with van der Waals surface area (Å²) in [5, 5.41) is 2.52. The zero-order chi connectivity index (χ0) is 11.4. The summed E-state index contributed by atoms with van der Waals surface area (Å²) in [5.41, 5.74) is 0. The summed E-state index contributed by atoms with van der Waals surface area (Å²) in [5.74, 6) is 0. The fourth-order valence-electron chi connectivity index (χ4n) is 1.37. The Kier molecular flexibility index (Phi) is 7.32. The first-order chi connectivity index (χ1) is 7.79. The molecule has 0 saturated heterocycles. The third kappa shape index (κ3) is 4.34. The average molecular weight is 418 g/mol. The van der Waals surface area contributed by atoms with Crippen LogP contribution in [0.3, 0.4) is 0 Å². The summed E-state index contributed by atoms with van der Waals surface area (Å²) >= 11 is -1.51. The molecule has 0 N–H and O–H groups in total. The molecule has 0 fully saturated rings. The van der Waals surface area contributed by atoms with E-state index in [2.05, 4.69) is 24.3 Å². The smallest absolute Gasteiger partial charge is 0 e. The monoisotopic (exact) mass is 417 g/mol. The predicted octanol–water partition coefficient (Wildman–Crippen LogP) is 3.96. The average Bonchev–Trinajstić information content (AvgIpc) is 2.31. The molecular formula is C12H10Cl2FePPd. The number of halogens is 2. The van der Waals surface area contributed by atoms with Crippen LogP contribution in [0.2, 0.25) is 0 Å². The maximum absolute atomic E-state index is 6.22. The Bertz CT molecular complexity index is 399. The first kappa shape index (κ1) is 15.7. The molecule has 95 valence electrons. The predicted molar refractivity (Wildman–Crippen MR) is 70.8 cm³/mol. The third-order valence-electron chi connectivity index (χ3n) is 2.04. The molecular weight excluding hydrogens is 408 g/mol. The molecule has 2 rings (SSSR count). The van der Waals surface area contributed by atoms with Crippen molar-refractivity contribution in [2.24, 2.45) is 0 Å². The topological polar surface area (TPSA) is 0 Å². The summed E-state index contributed by atoms with van der Waals surface area (Å²) in [6.45, 7) is 0. The van der Waals surface area contributed by atoms with Crippen LogP contribution >= 0.6 is 25.2 Å². The molecule has 2 aromatic carbocycles. The largest absolute Gasteiger partial charge is 0 e. The van der Waals surface area contributed by atoms with Gasteiger partial charge in [0.2, 0.25) is 0 Å². The minimum absolute atomic E-state index is 0. The Morgan fingerprint density at radius 2 is 1.06 bits per heavy atom. The molecule has 0 unspecified atom stereocenters. The fourth-order valence-corrected chi connectivity index (χ4v) is 10.3. The van der Waals surface area contributed by atoms with Crippen LogP contribution in [-0.4, -0.2) is 0 Å². The molecule has 0 nitrogen and oxygen atoms in total. The van der Waals surface area contributed by atoms with Crippen molar-refractivity contribution in [3.8, 4) is 0 Å². The molecule has 2 aromatic rings. The van der Waals surface area contributed by atoms with E-state index in [4.69, 9.17) is 19.1 Å². The summed E-state index contributed by atoms with van der Waals surface area (Å²) in [4.78, 5) is 0. The second-order valence-corrected chi connectivity index (χ2v) is 14.6. The zero-order valence-corrected chi connectivity index (χ0v) is 13.7. The van der Waals surface area contributed by atoms with Crippen LogP contribution in [0, 0.1) is 0 Å². The van der Waals surface area contributed by atoms with Crippen LogP contribution in [0.25, 0.3) is 0 Å². The van der Waals surface area contributed by atoms with Gasteiger partial charge in [-0.25, -0.2) is 0 Å². The van der Waals surface area contributed by atoms with Crippen LogP contribution in [-0.2, 0) is 31.3 Å². The molecule has 0 heterocycles. The summed E-state index contributed by atoms with van der Waals surface area (Å²) < 4.78 is 0. The van der Waals surface area contributed by atoms with E-state index >= 15 is 0 Å². The summed E-state index contributed by atoms with van der Waals surface area (Å²) in [6, 6.07) is 20.6. The van der Waals surface area contributed by atoms with Gasteiger partial charge in [-0.1, -0.05) is 0 Å². The number of hydrogen-bond acceptors (Lipinski definition) is 0. The molecule has 5 heteroatoms. The SMILES string of the molecule is [Cl][Pd]([Cl])[P](c1ccccc1)c1ccccc1.[Fe]. The van der Waals surface area contributed by atoms with Crippen molar-refractivity contribution in [3.05, 3.63) is 60.7 Å². The quantitative estimate of drug-likeness (QED) is 0.523. The Morgan fingerprint density at radius 3 is 1.35 bits per heavy atom. The van der Waals surface area contributed by atoms with E-state index in [0.717, 1.165) is 0 Å². The Labute approximate surface area is 127 Å². The maximum Gasteiger partial charge on any atom is 0 e. The second-order valence-electron chi connectivity index (χ2n) is 3.08. The fraction of sp³-hybridized carbons (Fsp3) is 0. The van der Waals surface area contributed by atoms with Gasteiger partial charge in [0, 0.05) is 17.1 Å². The molecule has 0 aromatic heterocycles. The van der Waals surface area contributed by atoms with Gasteiger partial charge >= 0.3 is 111 Å². The summed E-state index contributed by atoms with van der Waals surface area (Å²) in [7, 11) is 12.4. The van der Waals surface area contributed by atoms with Crippen molar-refractivity contribution in [3.63, 3.8) is 0 Å². The van der Waals surface area contributed by atoms with Crippen LogP contribution in [0.4, 0.5) is 0 Å². The van der Waals surface area contributed by atoms with Crippen molar-refractivity contribution < 1.29 is 31.3 Å². The zero-order valence-electron chi connectivity index (χ0n) is 8.65. The van der Waals surface area contributed by atoms with E-state index in [1.165, 1.54) is 10.6 Å². The van der Waals surface area contributed by atoms with Gasteiger partial charge in [-0.05, 0) is 0 Å². The van der Waals surface area contributed by atoms with Gasteiger partial charge in [0.15, 0.2) is 0 Å². The van der Waals surface area contributed by atoms with Crippen LogP contribution in [0.5, 0.6) is 0 Å². The normalized spacial score (nSPS) is 10.9. The molecule has 0 spiro atoms. The molecule has 0 aliphatic carbocycles. The van der Waals surface area contributed by atoms with Gasteiger partial charge < -0.3 is 0 Å².